The zero-order valence-corrected chi connectivity index (χ0v) is 18.8. The highest BCUT2D eigenvalue weighted by Crippen LogP contribution is 2.33. The molecule has 0 spiro atoms. The summed E-state index contributed by atoms with van der Waals surface area (Å²) in [4.78, 5) is 19.7. The SMILES string of the molecule is CC(=O)N(c1nc(Cn2nnc(-c3cccc(C(F)(F)F)c3)n2)cs1)c1ccc(C)cc1C. The summed E-state index contributed by atoms with van der Waals surface area (Å²) in [5.74, 6) is -0.0919. The minimum absolute atomic E-state index is 0.0807. The third kappa shape index (κ3) is 4.92. The average molecular weight is 472 g/mol. The molecule has 2 heterocycles. The number of amides is 1. The number of alkyl halides is 3. The zero-order valence-electron chi connectivity index (χ0n) is 18.0. The van der Waals surface area contributed by atoms with E-state index in [-0.39, 0.29) is 23.8 Å². The van der Waals surface area contributed by atoms with Gasteiger partial charge in [0, 0.05) is 17.9 Å². The van der Waals surface area contributed by atoms with Gasteiger partial charge in [0.2, 0.25) is 11.7 Å². The van der Waals surface area contributed by atoms with E-state index in [9.17, 15) is 18.0 Å². The molecule has 0 atom stereocenters. The number of thiazole rings is 1. The van der Waals surface area contributed by atoms with Crippen LogP contribution in [0.15, 0.2) is 47.8 Å². The number of carbonyl (C=O) groups excluding carboxylic acids is 1. The lowest BCUT2D eigenvalue weighted by Crippen LogP contribution is -2.23. The van der Waals surface area contributed by atoms with Crippen LogP contribution in [0, 0.1) is 13.8 Å². The maximum atomic E-state index is 13.0. The van der Waals surface area contributed by atoms with Crippen LogP contribution in [-0.4, -0.2) is 31.1 Å². The summed E-state index contributed by atoms with van der Waals surface area (Å²) < 4.78 is 38.9. The largest absolute Gasteiger partial charge is 0.416 e. The molecule has 33 heavy (non-hydrogen) atoms. The predicted octanol–water partition coefficient (Wildman–Crippen LogP) is 5.17. The van der Waals surface area contributed by atoms with Crippen LogP contribution in [-0.2, 0) is 17.5 Å². The number of aryl methyl sites for hydroxylation is 2. The van der Waals surface area contributed by atoms with Gasteiger partial charge in [0.05, 0.1) is 16.9 Å². The number of aromatic nitrogens is 5. The molecule has 0 unspecified atom stereocenters. The van der Waals surface area contributed by atoms with E-state index in [1.54, 1.807) is 10.3 Å². The second-order valence-corrected chi connectivity index (χ2v) is 8.32. The van der Waals surface area contributed by atoms with Crippen molar-refractivity contribution in [2.24, 2.45) is 0 Å². The topological polar surface area (TPSA) is 76.8 Å². The lowest BCUT2D eigenvalue weighted by atomic mass is 10.1. The van der Waals surface area contributed by atoms with Crippen LogP contribution in [0.2, 0.25) is 0 Å². The van der Waals surface area contributed by atoms with Gasteiger partial charge >= 0.3 is 6.18 Å². The van der Waals surface area contributed by atoms with E-state index in [1.807, 2.05) is 32.0 Å². The molecule has 0 bridgehead atoms. The highest BCUT2D eigenvalue weighted by atomic mass is 32.1. The monoisotopic (exact) mass is 472 g/mol. The van der Waals surface area contributed by atoms with Gasteiger partial charge < -0.3 is 0 Å². The number of anilines is 2. The standard InChI is InChI=1S/C22H19F3N6OS/c1-13-7-8-19(14(2)9-13)31(15(3)32)21-26-18(12-33-21)11-30-28-20(27-29-30)16-5-4-6-17(10-16)22(23,24)25/h4-10,12H,11H2,1-3H3. The van der Waals surface area contributed by atoms with Crippen molar-refractivity contribution in [2.45, 2.75) is 33.5 Å². The predicted molar refractivity (Wildman–Crippen MR) is 118 cm³/mol. The van der Waals surface area contributed by atoms with Crippen LogP contribution in [0.1, 0.15) is 29.3 Å². The molecule has 0 aliphatic rings. The number of nitrogens with zero attached hydrogens (tertiary/aromatic N) is 6. The molecule has 0 saturated carbocycles. The molecule has 0 aliphatic heterocycles. The Bertz CT molecular complexity index is 1310. The van der Waals surface area contributed by atoms with Gasteiger partial charge in [-0.25, -0.2) is 4.98 Å². The van der Waals surface area contributed by atoms with Gasteiger partial charge in [-0.05, 0) is 42.8 Å². The number of hydrogen-bond donors (Lipinski definition) is 0. The van der Waals surface area contributed by atoms with Gasteiger partial charge in [-0.15, -0.1) is 21.5 Å². The Morgan fingerprint density at radius 2 is 1.94 bits per heavy atom. The molecular formula is C22H19F3N6OS. The molecule has 4 aromatic rings. The van der Waals surface area contributed by atoms with Crippen molar-refractivity contribution < 1.29 is 18.0 Å². The summed E-state index contributed by atoms with van der Waals surface area (Å²) in [6.45, 7) is 5.54. The van der Waals surface area contributed by atoms with Crippen molar-refractivity contribution in [3.8, 4) is 11.4 Å². The van der Waals surface area contributed by atoms with Gasteiger partial charge in [0.25, 0.3) is 0 Å². The zero-order chi connectivity index (χ0) is 23.8. The molecule has 2 aromatic carbocycles. The van der Waals surface area contributed by atoms with E-state index in [4.69, 9.17) is 0 Å². The Kier molecular flexibility index (Phi) is 5.98. The van der Waals surface area contributed by atoms with Gasteiger partial charge in [0.15, 0.2) is 5.13 Å². The molecule has 4 rings (SSSR count). The van der Waals surface area contributed by atoms with E-state index < -0.39 is 11.7 Å². The van der Waals surface area contributed by atoms with Crippen LogP contribution in [0.4, 0.5) is 24.0 Å². The summed E-state index contributed by atoms with van der Waals surface area (Å²) in [5, 5.41) is 14.3. The molecule has 0 saturated heterocycles. The van der Waals surface area contributed by atoms with Crippen molar-refractivity contribution >= 4 is 28.1 Å². The molecule has 0 fully saturated rings. The van der Waals surface area contributed by atoms with Crippen molar-refractivity contribution in [1.29, 1.82) is 0 Å². The van der Waals surface area contributed by atoms with E-state index in [0.717, 1.165) is 28.9 Å². The van der Waals surface area contributed by atoms with Gasteiger partial charge in [0.1, 0.15) is 6.54 Å². The fraction of sp³-hybridized carbons (Fsp3) is 0.227. The smallest absolute Gasteiger partial charge is 0.274 e. The maximum Gasteiger partial charge on any atom is 0.416 e. The second kappa shape index (κ2) is 8.74. The van der Waals surface area contributed by atoms with E-state index >= 15 is 0 Å². The molecule has 11 heteroatoms. The first-order valence-electron chi connectivity index (χ1n) is 9.89. The van der Waals surface area contributed by atoms with Crippen LogP contribution in [0.3, 0.4) is 0 Å². The lowest BCUT2D eigenvalue weighted by Gasteiger charge is -2.20. The quantitative estimate of drug-likeness (QED) is 0.401. The normalized spacial score (nSPS) is 11.6. The van der Waals surface area contributed by atoms with Crippen LogP contribution < -0.4 is 4.90 Å². The van der Waals surface area contributed by atoms with E-state index in [0.29, 0.717) is 10.8 Å². The van der Waals surface area contributed by atoms with E-state index in [2.05, 4.69) is 20.4 Å². The highest BCUT2D eigenvalue weighted by molar-refractivity contribution is 7.14. The Hall–Kier alpha value is -3.60. The van der Waals surface area contributed by atoms with Crippen molar-refractivity contribution in [2.75, 3.05) is 4.90 Å². The van der Waals surface area contributed by atoms with Crippen molar-refractivity contribution in [1.82, 2.24) is 25.2 Å². The van der Waals surface area contributed by atoms with Gasteiger partial charge in [-0.3, -0.25) is 9.69 Å². The summed E-state index contributed by atoms with van der Waals surface area (Å²) in [5.41, 5.74) is 2.82. The molecule has 2 aromatic heterocycles. The number of halogens is 3. The van der Waals surface area contributed by atoms with Crippen LogP contribution in [0.25, 0.3) is 11.4 Å². The first-order valence-corrected chi connectivity index (χ1v) is 10.8. The highest BCUT2D eigenvalue weighted by Gasteiger charge is 2.30. The lowest BCUT2D eigenvalue weighted by molar-refractivity contribution is -0.137. The summed E-state index contributed by atoms with van der Waals surface area (Å²) >= 11 is 1.30. The molecule has 1 amide bonds. The van der Waals surface area contributed by atoms with E-state index in [1.165, 1.54) is 35.2 Å². The molecule has 0 radical (unpaired) electrons. The van der Waals surface area contributed by atoms with Crippen molar-refractivity contribution in [3.63, 3.8) is 0 Å². The number of benzene rings is 2. The Morgan fingerprint density at radius 1 is 1.15 bits per heavy atom. The molecule has 170 valence electrons. The first-order chi connectivity index (χ1) is 15.6. The van der Waals surface area contributed by atoms with Crippen molar-refractivity contribution in [3.05, 3.63) is 70.2 Å². The summed E-state index contributed by atoms with van der Waals surface area (Å²) in [6, 6.07) is 10.6. The summed E-state index contributed by atoms with van der Waals surface area (Å²) in [7, 11) is 0. The van der Waals surface area contributed by atoms with Crippen LogP contribution in [0.5, 0.6) is 0 Å². The Balaban J connectivity index is 1.56. The summed E-state index contributed by atoms with van der Waals surface area (Å²) in [6.07, 6.45) is -4.46. The first kappa shape index (κ1) is 22.6. The third-order valence-electron chi connectivity index (χ3n) is 4.84. The molecule has 0 N–H and O–H groups in total. The molecule has 7 nitrogen and oxygen atoms in total. The fourth-order valence-electron chi connectivity index (χ4n) is 3.34. The minimum Gasteiger partial charge on any atom is -0.274 e. The van der Waals surface area contributed by atoms with Gasteiger partial charge in [-0.2, -0.15) is 18.0 Å². The minimum atomic E-state index is -4.46. The number of carbonyl (C=O) groups is 1. The fourth-order valence-corrected chi connectivity index (χ4v) is 4.21. The maximum absolute atomic E-state index is 13.0. The molecule has 0 aliphatic carbocycles. The van der Waals surface area contributed by atoms with Crippen LogP contribution >= 0.6 is 11.3 Å². The number of rotatable bonds is 5. The second-order valence-electron chi connectivity index (χ2n) is 7.49. The number of tetrazole rings is 1. The Labute approximate surface area is 191 Å². The average Bonchev–Trinajstić information content (AvgIpc) is 3.39. The third-order valence-corrected chi connectivity index (χ3v) is 5.72. The number of hydrogen-bond acceptors (Lipinski definition) is 6. The molecular weight excluding hydrogens is 453 g/mol. The van der Waals surface area contributed by atoms with Gasteiger partial charge in [-0.1, -0.05) is 29.8 Å². The Morgan fingerprint density at radius 3 is 2.64 bits per heavy atom.